The largest absolute Gasteiger partial charge is 0.323 e. The molecule has 4 aromatic rings. The number of aromatic nitrogens is 2. The van der Waals surface area contributed by atoms with Crippen LogP contribution in [0.15, 0.2) is 73.1 Å². The molecule has 116 valence electrons. The Kier molecular flexibility index (Phi) is 3.51. The lowest BCUT2D eigenvalue weighted by Gasteiger charge is -2.09. The third-order valence-electron chi connectivity index (χ3n) is 3.73. The van der Waals surface area contributed by atoms with Gasteiger partial charge in [0, 0.05) is 34.5 Å². The Morgan fingerprint density at radius 3 is 1.71 bits per heavy atom. The van der Waals surface area contributed by atoms with Gasteiger partial charge in [-0.3, -0.25) is 9.97 Å². The summed E-state index contributed by atoms with van der Waals surface area (Å²) in [7, 11) is 0. The Morgan fingerprint density at radius 1 is 0.708 bits per heavy atom. The SMILES string of the molecule is O=C(Nc1ccc2cccnc2c1)Nc1ccc2cccnc2c1. The Morgan fingerprint density at radius 2 is 1.21 bits per heavy atom. The number of carbonyl (C=O) groups is 1. The number of fused-ring (bicyclic) bond motifs is 2. The zero-order chi connectivity index (χ0) is 16.4. The van der Waals surface area contributed by atoms with Gasteiger partial charge < -0.3 is 10.6 Å². The fraction of sp³-hybridized carbons (Fsp3) is 0. The zero-order valence-corrected chi connectivity index (χ0v) is 12.7. The van der Waals surface area contributed by atoms with Crippen LogP contribution in [0.5, 0.6) is 0 Å². The van der Waals surface area contributed by atoms with Crippen molar-refractivity contribution in [2.24, 2.45) is 0 Å². The topological polar surface area (TPSA) is 66.9 Å². The average molecular weight is 314 g/mol. The number of nitrogens with one attached hydrogen (secondary N) is 2. The molecular weight excluding hydrogens is 300 g/mol. The van der Waals surface area contributed by atoms with Crippen molar-refractivity contribution in [1.29, 1.82) is 0 Å². The minimum atomic E-state index is -0.305. The summed E-state index contributed by atoms with van der Waals surface area (Å²) in [4.78, 5) is 20.8. The highest BCUT2D eigenvalue weighted by Gasteiger charge is 2.05. The van der Waals surface area contributed by atoms with Crippen LogP contribution in [0.25, 0.3) is 21.8 Å². The summed E-state index contributed by atoms with van der Waals surface area (Å²) in [6, 6.07) is 18.7. The molecule has 5 heteroatoms. The highest BCUT2D eigenvalue weighted by molar-refractivity contribution is 6.01. The van der Waals surface area contributed by atoms with Crippen LogP contribution in [0, 0.1) is 0 Å². The summed E-state index contributed by atoms with van der Waals surface area (Å²) in [5.41, 5.74) is 3.06. The van der Waals surface area contributed by atoms with Crippen molar-refractivity contribution < 1.29 is 4.79 Å². The Hall–Kier alpha value is -3.47. The van der Waals surface area contributed by atoms with Gasteiger partial charge in [0.15, 0.2) is 0 Å². The molecule has 2 aromatic carbocycles. The molecule has 0 spiro atoms. The minimum Gasteiger partial charge on any atom is -0.308 e. The number of nitrogens with zero attached hydrogens (tertiary/aromatic N) is 2. The van der Waals surface area contributed by atoms with Crippen molar-refractivity contribution in [2.45, 2.75) is 0 Å². The van der Waals surface area contributed by atoms with Gasteiger partial charge in [-0.2, -0.15) is 0 Å². The molecule has 4 rings (SSSR count). The van der Waals surface area contributed by atoms with Crippen LogP contribution in [0.1, 0.15) is 0 Å². The number of anilines is 2. The van der Waals surface area contributed by atoms with E-state index in [1.54, 1.807) is 12.4 Å². The molecule has 0 bridgehead atoms. The van der Waals surface area contributed by atoms with Gasteiger partial charge in [0.2, 0.25) is 0 Å². The molecule has 5 nitrogen and oxygen atoms in total. The number of pyridine rings is 2. The Labute approximate surface area is 138 Å². The highest BCUT2D eigenvalue weighted by atomic mass is 16.2. The van der Waals surface area contributed by atoms with Crippen LogP contribution >= 0.6 is 0 Å². The van der Waals surface area contributed by atoms with Gasteiger partial charge in [0.1, 0.15) is 0 Å². The van der Waals surface area contributed by atoms with E-state index in [0.717, 1.165) is 21.8 Å². The first-order valence-corrected chi connectivity index (χ1v) is 7.55. The van der Waals surface area contributed by atoms with Crippen molar-refractivity contribution >= 4 is 39.2 Å². The van der Waals surface area contributed by atoms with Crippen molar-refractivity contribution in [2.75, 3.05) is 10.6 Å². The van der Waals surface area contributed by atoms with E-state index in [2.05, 4.69) is 20.6 Å². The van der Waals surface area contributed by atoms with E-state index in [4.69, 9.17) is 0 Å². The van der Waals surface area contributed by atoms with E-state index < -0.39 is 0 Å². The quantitative estimate of drug-likeness (QED) is 0.575. The van der Waals surface area contributed by atoms with Crippen molar-refractivity contribution in [3.8, 4) is 0 Å². The van der Waals surface area contributed by atoms with E-state index >= 15 is 0 Å². The van der Waals surface area contributed by atoms with Crippen LogP contribution in [0.4, 0.5) is 16.2 Å². The van der Waals surface area contributed by atoms with Gasteiger partial charge in [0.25, 0.3) is 0 Å². The first kappa shape index (κ1) is 14.1. The summed E-state index contributed by atoms with van der Waals surface area (Å²) >= 11 is 0. The molecule has 0 radical (unpaired) electrons. The summed E-state index contributed by atoms with van der Waals surface area (Å²) < 4.78 is 0. The van der Waals surface area contributed by atoms with Gasteiger partial charge in [-0.15, -0.1) is 0 Å². The molecule has 2 amide bonds. The number of urea groups is 1. The molecule has 0 saturated carbocycles. The third-order valence-corrected chi connectivity index (χ3v) is 3.73. The number of hydrogen-bond donors (Lipinski definition) is 2. The molecule has 0 aliphatic rings. The van der Waals surface area contributed by atoms with Crippen molar-refractivity contribution in [3.05, 3.63) is 73.1 Å². The standard InChI is InChI=1S/C19H14N4O/c24-19(22-15-7-5-13-3-1-9-20-17(13)11-15)23-16-8-6-14-4-2-10-21-18(14)12-16/h1-12H,(H2,22,23,24). The van der Waals surface area contributed by atoms with Crippen LogP contribution in [-0.2, 0) is 0 Å². The Bertz CT molecular complexity index is 962. The first-order valence-electron chi connectivity index (χ1n) is 7.55. The van der Waals surface area contributed by atoms with Crippen LogP contribution in [0.3, 0.4) is 0 Å². The molecule has 0 aliphatic heterocycles. The maximum atomic E-state index is 12.2. The lowest BCUT2D eigenvalue weighted by Crippen LogP contribution is -2.19. The van der Waals surface area contributed by atoms with Crippen LogP contribution in [0.2, 0.25) is 0 Å². The predicted molar refractivity (Wildman–Crippen MR) is 96.1 cm³/mol. The second-order valence-electron chi connectivity index (χ2n) is 5.40. The number of carbonyl (C=O) groups excluding carboxylic acids is 1. The molecule has 0 unspecified atom stereocenters. The van der Waals surface area contributed by atoms with Gasteiger partial charge in [-0.05, 0) is 36.4 Å². The summed E-state index contributed by atoms with van der Waals surface area (Å²) in [5, 5.41) is 7.70. The van der Waals surface area contributed by atoms with Crippen molar-refractivity contribution in [1.82, 2.24) is 9.97 Å². The summed E-state index contributed by atoms with van der Waals surface area (Å²) in [6.07, 6.45) is 3.46. The number of amides is 2. The number of hydrogen-bond acceptors (Lipinski definition) is 3. The normalized spacial score (nSPS) is 10.7. The smallest absolute Gasteiger partial charge is 0.308 e. The summed E-state index contributed by atoms with van der Waals surface area (Å²) in [6.45, 7) is 0. The lowest BCUT2D eigenvalue weighted by molar-refractivity contribution is 0.262. The van der Waals surface area contributed by atoms with Gasteiger partial charge in [0.05, 0.1) is 11.0 Å². The van der Waals surface area contributed by atoms with Gasteiger partial charge >= 0.3 is 6.03 Å². The minimum absolute atomic E-state index is 0.305. The van der Waals surface area contributed by atoms with Gasteiger partial charge in [-0.1, -0.05) is 24.3 Å². The summed E-state index contributed by atoms with van der Waals surface area (Å²) in [5.74, 6) is 0. The third kappa shape index (κ3) is 2.87. The highest BCUT2D eigenvalue weighted by Crippen LogP contribution is 2.19. The second kappa shape index (κ2) is 5.96. The van der Waals surface area contributed by atoms with E-state index in [9.17, 15) is 4.79 Å². The van der Waals surface area contributed by atoms with E-state index in [-0.39, 0.29) is 6.03 Å². The first-order chi connectivity index (χ1) is 11.8. The maximum Gasteiger partial charge on any atom is 0.323 e. The zero-order valence-electron chi connectivity index (χ0n) is 12.7. The van der Waals surface area contributed by atoms with Gasteiger partial charge in [-0.25, -0.2) is 4.79 Å². The molecule has 0 aliphatic carbocycles. The van der Waals surface area contributed by atoms with Crippen LogP contribution < -0.4 is 10.6 Å². The average Bonchev–Trinajstić information content (AvgIpc) is 2.61. The van der Waals surface area contributed by atoms with E-state index in [0.29, 0.717) is 11.4 Å². The van der Waals surface area contributed by atoms with E-state index in [1.807, 2.05) is 60.7 Å². The molecule has 0 saturated heterocycles. The Balaban J connectivity index is 1.52. The molecule has 0 atom stereocenters. The molecule has 2 heterocycles. The van der Waals surface area contributed by atoms with E-state index in [1.165, 1.54) is 0 Å². The molecule has 0 fully saturated rings. The fourth-order valence-electron chi connectivity index (χ4n) is 2.58. The molecular formula is C19H14N4O. The fourth-order valence-corrected chi connectivity index (χ4v) is 2.58. The number of benzene rings is 2. The lowest BCUT2D eigenvalue weighted by atomic mass is 10.2. The number of rotatable bonds is 2. The molecule has 24 heavy (non-hydrogen) atoms. The molecule has 2 N–H and O–H groups in total. The molecule has 2 aromatic heterocycles. The monoisotopic (exact) mass is 314 g/mol. The predicted octanol–water partition coefficient (Wildman–Crippen LogP) is 4.43. The van der Waals surface area contributed by atoms with Crippen molar-refractivity contribution in [3.63, 3.8) is 0 Å². The second-order valence-corrected chi connectivity index (χ2v) is 5.40. The van der Waals surface area contributed by atoms with Crippen LogP contribution in [-0.4, -0.2) is 16.0 Å². The maximum absolute atomic E-state index is 12.2.